The van der Waals surface area contributed by atoms with Crippen molar-refractivity contribution in [1.82, 2.24) is 9.78 Å². The first-order valence-corrected chi connectivity index (χ1v) is 14.2. The van der Waals surface area contributed by atoms with Crippen LogP contribution in [-0.2, 0) is 24.2 Å². The molecule has 1 atom stereocenters. The molecule has 1 saturated heterocycles. The number of esters is 1. The predicted octanol–water partition coefficient (Wildman–Crippen LogP) is 4.59. The van der Waals surface area contributed by atoms with Gasteiger partial charge in [-0.1, -0.05) is 47.6 Å². The van der Waals surface area contributed by atoms with Crippen molar-refractivity contribution in [2.45, 2.75) is 29.2 Å². The quantitative estimate of drug-likeness (QED) is 0.343. The van der Waals surface area contributed by atoms with Gasteiger partial charge in [0.05, 0.1) is 34.6 Å². The maximum atomic E-state index is 13.1. The van der Waals surface area contributed by atoms with Crippen molar-refractivity contribution < 1.29 is 22.7 Å². The molecule has 8 nitrogen and oxygen atoms in total. The van der Waals surface area contributed by atoms with Gasteiger partial charge in [-0.3, -0.25) is 9.69 Å². The number of sulfone groups is 1. The Morgan fingerprint density at radius 2 is 1.78 bits per heavy atom. The Morgan fingerprint density at radius 3 is 2.39 bits per heavy atom. The molecule has 0 N–H and O–H groups in total. The first kappa shape index (κ1) is 24.6. The minimum atomic E-state index is -3.10. The normalized spacial score (nSPS) is 18.2. The second-order valence-corrected chi connectivity index (χ2v) is 12.2. The number of benzene rings is 2. The largest absolute Gasteiger partial charge is 0.452 e. The van der Waals surface area contributed by atoms with Gasteiger partial charge in [0.15, 0.2) is 16.4 Å². The molecule has 3 aromatic rings. The zero-order chi connectivity index (χ0) is 25.4. The highest BCUT2D eigenvalue weighted by Gasteiger charge is 2.32. The number of amides is 1. The Kier molecular flexibility index (Phi) is 6.67. The highest BCUT2D eigenvalue weighted by molar-refractivity contribution is 7.99. The van der Waals surface area contributed by atoms with E-state index in [0.717, 1.165) is 21.2 Å². The number of para-hydroxylation sites is 2. The van der Waals surface area contributed by atoms with Gasteiger partial charge in [-0.25, -0.2) is 17.9 Å². The van der Waals surface area contributed by atoms with Gasteiger partial charge >= 0.3 is 5.97 Å². The summed E-state index contributed by atoms with van der Waals surface area (Å²) < 4.78 is 30.4. The molecule has 0 saturated carbocycles. The van der Waals surface area contributed by atoms with Crippen LogP contribution in [0.3, 0.4) is 0 Å². The van der Waals surface area contributed by atoms with Gasteiger partial charge in [-0.05, 0) is 43.7 Å². The lowest BCUT2D eigenvalue weighted by molar-refractivity contribution is -0.142. The molecule has 0 radical (unpaired) electrons. The zero-order valence-corrected chi connectivity index (χ0v) is 21.6. The number of anilines is 2. The fourth-order valence-electron chi connectivity index (χ4n) is 4.30. The van der Waals surface area contributed by atoms with Crippen LogP contribution in [0.15, 0.2) is 64.4 Å². The highest BCUT2D eigenvalue weighted by Crippen LogP contribution is 2.47. The van der Waals surface area contributed by atoms with Crippen molar-refractivity contribution in [1.29, 1.82) is 0 Å². The zero-order valence-electron chi connectivity index (χ0n) is 19.3. The van der Waals surface area contributed by atoms with Crippen LogP contribution < -0.4 is 4.90 Å². The molecule has 2 aliphatic rings. The summed E-state index contributed by atoms with van der Waals surface area (Å²) in [5, 5.41) is 4.63. The van der Waals surface area contributed by atoms with E-state index >= 15 is 0 Å². The minimum absolute atomic E-state index is 0.0115. The summed E-state index contributed by atoms with van der Waals surface area (Å²) in [5.74, 6) is -0.990. The molecule has 186 valence electrons. The topological polar surface area (TPSA) is 98.6 Å². The molecule has 0 aliphatic carbocycles. The van der Waals surface area contributed by atoms with E-state index in [1.165, 1.54) is 16.8 Å². The average molecular weight is 544 g/mol. The van der Waals surface area contributed by atoms with Crippen LogP contribution in [0.5, 0.6) is 0 Å². The SMILES string of the molecule is Cc1nn(C2CCS(=O)(=O)C2)c(Cl)c1/C=C/C(=O)OCC(=O)N1c2ccccc2Sc2ccccc21. The van der Waals surface area contributed by atoms with Crippen LogP contribution in [0.2, 0.25) is 5.15 Å². The van der Waals surface area contributed by atoms with Crippen LogP contribution in [-0.4, -0.2) is 48.2 Å². The van der Waals surface area contributed by atoms with Crippen molar-refractivity contribution in [2.24, 2.45) is 0 Å². The number of carbonyl (C=O) groups excluding carboxylic acids is 2. The smallest absolute Gasteiger partial charge is 0.331 e. The lowest BCUT2D eigenvalue weighted by atomic mass is 10.2. The van der Waals surface area contributed by atoms with E-state index in [4.69, 9.17) is 16.3 Å². The third-order valence-corrected chi connectivity index (χ3v) is 9.29. The third-order valence-electron chi connectivity index (χ3n) is 6.03. The number of aromatic nitrogens is 2. The number of nitrogens with zero attached hydrogens (tertiary/aromatic N) is 3. The number of carbonyl (C=O) groups is 2. The highest BCUT2D eigenvalue weighted by atomic mass is 35.5. The van der Waals surface area contributed by atoms with Crippen molar-refractivity contribution in [3.63, 3.8) is 0 Å². The molecule has 1 aromatic heterocycles. The lowest BCUT2D eigenvalue weighted by Gasteiger charge is -2.30. The number of hydrogen-bond donors (Lipinski definition) is 0. The summed E-state index contributed by atoms with van der Waals surface area (Å²) in [4.78, 5) is 29.0. The van der Waals surface area contributed by atoms with Crippen LogP contribution in [0.25, 0.3) is 6.08 Å². The molecule has 5 rings (SSSR count). The number of aryl methyl sites for hydroxylation is 1. The summed E-state index contributed by atoms with van der Waals surface area (Å²) in [5.41, 5.74) is 2.53. The fourth-order valence-corrected chi connectivity index (χ4v) is 7.43. The second kappa shape index (κ2) is 9.76. The van der Waals surface area contributed by atoms with Crippen molar-refractivity contribution >= 4 is 62.5 Å². The van der Waals surface area contributed by atoms with E-state index in [-0.39, 0.29) is 28.6 Å². The summed E-state index contributed by atoms with van der Waals surface area (Å²) in [6.45, 7) is 1.28. The van der Waals surface area contributed by atoms with E-state index in [1.54, 1.807) is 23.6 Å². The van der Waals surface area contributed by atoms with Crippen LogP contribution in [0.1, 0.15) is 23.7 Å². The van der Waals surface area contributed by atoms with E-state index in [9.17, 15) is 18.0 Å². The molecule has 11 heteroatoms. The minimum Gasteiger partial charge on any atom is -0.452 e. The Bertz CT molecular complexity index is 1450. The molecule has 2 aromatic carbocycles. The molecule has 36 heavy (non-hydrogen) atoms. The molecular formula is C25H22ClN3O5S2. The Labute approximate surface area is 217 Å². The first-order chi connectivity index (χ1) is 17.2. The van der Waals surface area contributed by atoms with Crippen LogP contribution >= 0.6 is 23.4 Å². The molecular weight excluding hydrogens is 522 g/mol. The van der Waals surface area contributed by atoms with Crippen LogP contribution in [0.4, 0.5) is 11.4 Å². The average Bonchev–Trinajstić information content (AvgIpc) is 3.36. The van der Waals surface area contributed by atoms with E-state index in [1.807, 2.05) is 48.5 Å². The van der Waals surface area contributed by atoms with Gasteiger partial charge in [0.2, 0.25) is 0 Å². The Hall–Kier alpha value is -3.08. The summed E-state index contributed by atoms with van der Waals surface area (Å²) in [6, 6.07) is 14.8. The molecule has 3 heterocycles. The standard InChI is InChI=1S/C25H22ClN3O5S2/c1-16-18(25(26)29(27-16)17-12-13-36(32,33)15-17)10-11-24(31)34-14-23(30)28-19-6-2-4-8-21(19)35-22-9-5-3-7-20(22)28/h2-11,17H,12-15H2,1H3/b11-10+. The van der Waals surface area contributed by atoms with Crippen molar-refractivity contribution in [3.05, 3.63) is 71.0 Å². The second-order valence-electron chi connectivity index (χ2n) is 8.50. The summed E-state index contributed by atoms with van der Waals surface area (Å²) in [7, 11) is -3.10. The lowest BCUT2D eigenvalue weighted by Crippen LogP contribution is -2.32. The molecule has 0 bridgehead atoms. The Balaban J connectivity index is 1.28. The summed E-state index contributed by atoms with van der Waals surface area (Å²) in [6.07, 6.45) is 3.10. The molecule has 1 unspecified atom stereocenters. The van der Waals surface area contributed by atoms with Gasteiger partial charge in [0.1, 0.15) is 5.15 Å². The third kappa shape index (κ3) is 4.80. The van der Waals surface area contributed by atoms with E-state index < -0.39 is 22.4 Å². The van der Waals surface area contributed by atoms with Gasteiger partial charge in [-0.15, -0.1) is 0 Å². The number of ether oxygens (including phenoxy) is 1. The van der Waals surface area contributed by atoms with E-state index in [2.05, 4.69) is 5.10 Å². The molecule has 1 amide bonds. The number of fused-ring (bicyclic) bond motifs is 2. The van der Waals surface area contributed by atoms with Gasteiger partial charge in [0, 0.05) is 21.4 Å². The number of hydrogen-bond acceptors (Lipinski definition) is 7. The van der Waals surface area contributed by atoms with Crippen molar-refractivity contribution in [2.75, 3.05) is 23.0 Å². The predicted molar refractivity (Wildman–Crippen MR) is 138 cm³/mol. The van der Waals surface area contributed by atoms with Gasteiger partial charge in [-0.2, -0.15) is 5.10 Å². The number of rotatable bonds is 5. The van der Waals surface area contributed by atoms with Gasteiger partial charge in [0.25, 0.3) is 5.91 Å². The van der Waals surface area contributed by atoms with Gasteiger partial charge < -0.3 is 4.74 Å². The maximum absolute atomic E-state index is 13.1. The Morgan fingerprint density at radius 1 is 1.14 bits per heavy atom. The number of halogens is 1. The maximum Gasteiger partial charge on any atom is 0.331 e. The van der Waals surface area contributed by atoms with Crippen LogP contribution in [0, 0.1) is 6.92 Å². The van der Waals surface area contributed by atoms with Crippen molar-refractivity contribution in [3.8, 4) is 0 Å². The monoisotopic (exact) mass is 543 g/mol. The molecule has 2 aliphatic heterocycles. The van der Waals surface area contributed by atoms with E-state index in [0.29, 0.717) is 17.7 Å². The first-order valence-electron chi connectivity index (χ1n) is 11.2. The molecule has 0 spiro atoms. The fraction of sp³-hybridized carbons (Fsp3) is 0.240. The summed E-state index contributed by atoms with van der Waals surface area (Å²) >= 11 is 8.03. The molecule has 1 fully saturated rings.